The molecular formula is C13H14FNO3. The van der Waals surface area contributed by atoms with Crippen molar-refractivity contribution in [1.82, 2.24) is 4.90 Å². The van der Waals surface area contributed by atoms with E-state index in [4.69, 9.17) is 5.11 Å². The number of hydrogen-bond donors (Lipinski definition) is 1. The van der Waals surface area contributed by atoms with Crippen LogP contribution in [0.25, 0.3) is 0 Å². The maximum Gasteiger partial charge on any atom is 0.326 e. The molecule has 1 heterocycles. The van der Waals surface area contributed by atoms with Gasteiger partial charge in [0.15, 0.2) is 0 Å². The average Bonchev–Trinajstić information content (AvgIpc) is 2.80. The highest BCUT2D eigenvalue weighted by molar-refractivity contribution is 5.97. The maximum atomic E-state index is 13.6. The molecule has 0 saturated carbocycles. The summed E-state index contributed by atoms with van der Waals surface area (Å²) in [5, 5.41) is 9.02. The van der Waals surface area contributed by atoms with Gasteiger partial charge in [0.25, 0.3) is 5.91 Å². The molecular weight excluding hydrogens is 237 g/mol. The topological polar surface area (TPSA) is 57.6 Å². The Bertz CT molecular complexity index is 501. The monoisotopic (exact) mass is 251 g/mol. The second-order valence-electron chi connectivity index (χ2n) is 4.48. The van der Waals surface area contributed by atoms with E-state index in [9.17, 15) is 14.0 Å². The summed E-state index contributed by atoms with van der Waals surface area (Å²) in [6, 6.07) is 3.42. The lowest BCUT2D eigenvalue weighted by Crippen LogP contribution is -2.40. The highest BCUT2D eigenvalue weighted by atomic mass is 19.1. The van der Waals surface area contributed by atoms with Gasteiger partial charge in [-0.1, -0.05) is 11.6 Å². The van der Waals surface area contributed by atoms with E-state index in [-0.39, 0.29) is 5.56 Å². The lowest BCUT2D eigenvalue weighted by atomic mass is 10.1. The fraction of sp³-hybridized carbons (Fsp3) is 0.385. The summed E-state index contributed by atoms with van der Waals surface area (Å²) in [6.45, 7) is 2.12. The zero-order valence-corrected chi connectivity index (χ0v) is 10.0. The minimum absolute atomic E-state index is 0.0526. The summed E-state index contributed by atoms with van der Waals surface area (Å²) in [7, 11) is 0. The Labute approximate surface area is 104 Å². The van der Waals surface area contributed by atoms with Crippen LogP contribution in [0.5, 0.6) is 0 Å². The molecule has 0 bridgehead atoms. The fourth-order valence-corrected chi connectivity index (χ4v) is 2.22. The molecule has 0 unspecified atom stereocenters. The molecule has 1 aromatic carbocycles. The van der Waals surface area contributed by atoms with Gasteiger partial charge >= 0.3 is 5.97 Å². The van der Waals surface area contributed by atoms with Crippen LogP contribution in [0.1, 0.15) is 28.8 Å². The molecule has 1 saturated heterocycles. The molecule has 0 aliphatic carbocycles. The van der Waals surface area contributed by atoms with Crippen molar-refractivity contribution < 1.29 is 19.1 Å². The third kappa shape index (κ3) is 2.20. The predicted octanol–water partition coefficient (Wildman–Crippen LogP) is 1.82. The third-order valence-electron chi connectivity index (χ3n) is 3.15. The normalized spacial score (nSPS) is 19.0. The van der Waals surface area contributed by atoms with Crippen molar-refractivity contribution >= 4 is 11.9 Å². The number of carbonyl (C=O) groups excluding carboxylic acids is 1. The van der Waals surface area contributed by atoms with E-state index in [0.29, 0.717) is 19.4 Å². The van der Waals surface area contributed by atoms with Gasteiger partial charge in [0.05, 0.1) is 5.56 Å². The summed E-state index contributed by atoms with van der Waals surface area (Å²) in [5.41, 5.74) is 0.717. The molecule has 96 valence electrons. The summed E-state index contributed by atoms with van der Waals surface area (Å²) < 4.78 is 13.6. The van der Waals surface area contributed by atoms with Crippen molar-refractivity contribution in [2.45, 2.75) is 25.8 Å². The number of nitrogens with zero attached hydrogens (tertiary/aromatic N) is 1. The number of carboxylic acid groups (broad SMARTS) is 1. The van der Waals surface area contributed by atoms with Crippen molar-refractivity contribution in [2.75, 3.05) is 6.54 Å². The number of carbonyl (C=O) groups is 2. The largest absolute Gasteiger partial charge is 0.480 e. The van der Waals surface area contributed by atoms with Crippen LogP contribution in [0, 0.1) is 12.7 Å². The van der Waals surface area contributed by atoms with E-state index < -0.39 is 23.7 Å². The van der Waals surface area contributed by atoms with Crippen LogP contribution < -0.4 is 0 Å². The molecule has 0 aromatic heterocycles. The highest BCUT2D eigenvalue weighted by Crippen LogP contribution is 2.22. The van der Waals surface area contributed by atoms with Crippen molar-refractivity contribution in [3.63, 3.8) is 0 Å². The summed E-state index contributed by atoms with van der Waals surface area (Å²) in [5.74, 6) is -2.18. The predicted molar refractivity (Wildman–Crippen MR) is 62.8 cm³/mol. The second kappa shape index (κ2) is 4.76. The average molecular weight is 251 g/mol. The van der Waals surface area contributed by atoms with Crippen LogP contribution in [0.2, 0.25) is 0 Å². The molecule has 0 spiro atoms. The SMILES string of the molecule is Cc1ccc(F)c(C(=O)N2CCC[C@H]2C(=O)O)c1. The van der Waals surface area contributed by atoms with Gasteiger partial charge in [-0.3, -0.25) is 4.79 Å². The van der Waals surface area contributed by atoms with Gasteiger partial charge in [0.2, 0.25) is 0 Å². The first-order valence-corrected chi connectivity index (χ1v) is 5.80. The zero-order chi connectivity index (χ0) is 13.3. The van der Waals surface area contributed by atoms with E-state index in [1.165, 1.54) is 17.0 Å². The van der Waals surface area contributed by atoms with Crippen LogP contribution >= 0.6 is 0 Å². The Kier molecular flexibility index (Phi) is 3.32. The molecule has 1 amide bonds. The standard InChI is InChI=1S/C13H14FNO3/c1-8-4-5-10(14)9(7-8)12(16)15-6-2-3-11(15)13(17)18/h4-5,7,11H,2-3,6H2,1H3,(H,17,18)/t11-/m0/s1. The molecule has 18 heavy (non-hydrogen) atoms. The Morgan fingerprint density at radius 1 is 1.44 bits per heavy atom. The number of rotatable bonds is 2. The minimum Gasteiger partial charge on any atom is -0.480 e. The molecule has 1 N–H and O–H groups in total. The molecule has 1 atom stereocenters. The Morgan fingerprint density at radius 2 is 2.17 bits per heavy atom. The molecule has 0 radical (unpaired) electrons. The number of halogens is 1. The van der Waals surface area contributed by atoms with Gasteiger partial charge in [-0.05, 0) is 31.9 Å². The summed E-state index contributed by atoms with van der Waals surface area (Å²) >= 11 is 0. The van der Waals surface area contributed by atoms with Crippen LogP contribution in [-0.4, -0.2) is 34.5 Å². The van der Waals surface area contributed by atoms with E-state index in [1.807, 2.05) is 0 Å². The number of benzene rings is 1. The van der Waals surface area contributed by atoms with Gasteiger partial charge < -0.3 is 10.0 Å². The first-order chi connectivity index (χ1) is 8.50. The first-order valence-electron chi connectivity index (χ1n) is 5.80. The maximum absolute atomic E-state index is 13.6. The van der Waals surface area contributed by atoms with Crippen LogP contribution in [0.4, 0.5) is 4.39 Å². The number of hydrogen-bond acceptors (Lipinski definition) is 2. The minimum atomic E-state index is -1.03. The van der Waals surface area contributed by atoms with Crippen molar-refractivity contribution in [3.05, 3.63) is 35.1 Å². The van der Waals surface area contributed by atoms with Gasteiger partial charge in [-0.15, -0.1) is 0 Å². The van der Waals surface area contributed by atoms with Crippen molar-refractivity contribution in [3.8, 4) is 0 Å². The second-order valence-corrected chi connectivity index (χ2v) is 4.48. The van der Waals surface area contributed by atoms with E-state index in [1.54, 1.807) is 13.0 Å². The van der Waals surface area contributed by atoms with Crippen molar-refractivity contribution in [1.29, 1.82) is 0 Å². The first kappa shape index (κ1) is 12.5. The number of aryl methyl sites for hydroxylation is 1. The fourth-order valence-electron chi connectivity index (χ4n) is 2.22. The van der Waals surface area contributed by atoms with Crippen LogP contribution in [-0.2, 0) is 4.79 Å². The van der Waals surface area contributed by atoms with E-state index in [0.717, 1.165) is 5.56 Å². The number of amides is 1. The van der Waals surface area contributed by atoms with Crippen LogP contribution in [0.3, 0.4) is 0 Å². The Hall–Kier alpha value is -1.91. The summed E-state index contributed by atoms with van der Waals surface area (Å²) in [4.78, 5) is 24.4. The molecule has 1 aliphatic rings. The number of aliphatic carboxylic acids is 1. The number of carboxylic acids is 1. The van der Waals surface area contributed by atoms with Crippen molar-refractivity contribution in [2.24, 2.45) is 0 Å². The molecule has 5 heteroatoms. The molecule has 1 aromatic rings. The third-order valence-corrected chi connectivity index (χ3v) is 3.15. The lowest BCUT2D eigenvalue weighted by Gasteiger charge is -2.21. The van der Waals surface area contributed by atoms with Gasteiger partial charge in [-0.2, -0.15) is 0 Å². The Morgan fingerprint density at radius 3 is 2.83 bits per heavy atom. The lowest BCUT2D eigenvalue weighted by molar-refractivity contribution is -0.141. The molecule has 1 fully saturated rings. The molecule has 2 rings (SSSR count). The molecule has 1 aliphatic heterocycles. The summed E-state index contributed by atoms with van der Waals surface area (Å²) in [6.07, 6.45) is 1.06. The van der Waals surface area contributed by atoms with Gasteiger partial charge in [-0.25, -0.2) is 9.18 Å². The quantitative estimate of drug-likeness (QED) is 0.872. The van der Waals surface area contributed by atoms with E-state index >= 15 is 0 Å². The van der Waals surface area contributed by atoms with Gasteiger partial charge in [0.1, 0.15) is 11.9 Å². The number of likely N-dealkylation sites (tertiary alicyclic amines) is 1. The van der Waals surface area contributed by atoms with Gasteiger partial charge in [0, 0.05) is 6.54 Å². The Balaban J connectivity index is 2.31. The van der Waals surface area contributed by atoms with Crippen LogP contribution in [0.15, 0.2) is 18.2 Å². The smallest absolute Gasteiger partial charge is 0.326 e. The van der Waals surface area contributed by atoms with E-state index in [2.05, 4.69) is 0 Å². The zero-order valence-electron chi connectivity index (χ0n) is 10.0. The highest BCUT2D eigenvalue weighted by Gasteiger charge is 2.35. The molecule has 4 nitrogen and oxygen atoms in total.